The summed E-state index contributed by atoms with van der Waals surface area (Å²) in [6.45, 7) is 0.760. The summed E-state index contributed by atoms with van der Waals surface area (Å²) in [7, 11) is 0. The van der Waals surface area contributed by atoms with Gasteiger partial charge in [-0.15, -0.1) is 11.3 Å². The number of alkyl halides is 2. The molecule has 0 amide bonds. The van der Waals surface area contributed by atoms with E-state index in [0.717, 1.165) is 11.3 Å². The number of nitrogen functional groups attached to an aromatic ring is 1. The molecule has 1 aromatic rings. The Balaban J connectivity index is 2.47. The summed E-state index contributed by atoms with van der Waals surface area (Å²) in [6, 6.07) is 0. The molecule has 1 aliphatic heterocycles. The third kappa shape index (κ3) is 1.51. The van der Waals surface area contributed by atoms with Gasteiger partial charge < -0.3 is 11.1 Å². The molecule has 2 heterocycles. The second-order valence-corrected chi connectivity index (χ2v) is 4.07. The van der Waals surface area contributed by atoms with E-state index in [4.69, 9.17) is 5.73 Å². The van der Waals surface area contributed by atoms with Crippen LogP contribution in [0.2, 0.25) is 0 Å². The normalized spacial score (nSPS) is 20.8. The molecule has 72 valence electrons. The first kappa shape index (κ1) is 8.83. The summed E-state index contributed by atoms with van der Waals surface area (Å²) in [5.41, 5.74) is 5.24. The molecule has 3 N–H and O–H groups in total. The van der Waals surface area contributed by atoms with Crippen molar-refractivity contribution < 1.29 is 8.78 Å². The molecular formula is C7H9F2N3S. The fourth-order valence-electron chi connectivity index (χ4n) is 1.34. The van der Waals surface area contributed by atoms with Crippen LogP contribution in [0.1, 0.15) is 17.0 Å². The number of rotatable bonds is 0. The van der Waals surface area contributed by atoms with Gasteiger partial charge in [-0.1, -0.05) is 0 Å². The number of aromatic nitrogens is 1. The van der Waals surface area contributed by atoms with Gasteiger partial charge in [-0.2, -0.15) is 8.78 Å². The lowest BCUT2D eigenvalue weighted by Crippen LogP contribution is -2.18. The average Bonchev–Trinajstić information content (AvgIpc) is 2.36. The zero-order valence-corrected chi connectivity index (χ0v) is 7.63. The molecule has 6 heteroatoms. The highest BCUT2D eigenvalue weighted by molar-refractivity contribution is 7.15. The van der Waals surface area contributed by atoms with Crippen LogP contribution in [0.15, 0.2) is 0 Å². The number of nitrogens with two attached hydrogens (primary N) is 1. The van der Waals surface area contributed by atoms with Gasteiger partial charge in [-0.25, -0.2) is 4.98 Å². The largest absolute Gasteiger partial charge is 0.375 e. The number of anilines is 1. The minimum atomic E-state index is -2.83. The summed E-state index contributed by atoms with van der Waals surface area (Å²) in [6.07, 6.45) is -0.205. The van der Waals surface area contributed by atoms with Crippen LogP contribution in [0.4, 0.5) is 13.9 Å². The fraction of sp³-hybridized carbons (Fsp3) is 0.571. The van der Waals surface area contributed by atoms with Crippen molar-refractivity contribution in [3.8, 4) is 0 Å². The van der Waals surface area contributed by atoms with E-state index in [1.165, 1.54) is 0 Å². The van der Waals surface area contributed by atoms with E-state index in [-0.39, 0.29) is 17.2 Å². The van der Waals surface area contributed by atoms with Gasteiger partial charge in [0.25, 0.3) is 5.92 Å². The quantitative estimate of drug-likeness (QED) is 0.671. The standard InChI is InChI=1S/C7H9F2N3S/c8-7(9)1-2-11-3-4-5(7)12-6(10)13-4/h11H,1-3H2,(H2,10,12). The van der Waals surface area contributed by atoms with Crippen LogP contribution in [0, 0.1) is 0 Å². The summed E-state index contributed by atoms with van der Waals surface area (Å²) in [5.74, 6) is -2.83. The second-order valence-electron chi connectivity index (χ2n) is 2.96. The van der Waals surface area contributed by atoms with Crippen LogP contribution in [0.3, 0.4) is 0 Å². The third-order valence-corrected chi connectivity index (χ3v) is 2.85. The fourth-order valence-corrected chi connectivity index (χ4v) is 2.20. The lowest BCUT2D eigenvalue weighted by atomic mass is 10.2. The van der Waals surface area contributed by atoms with Crippen molar-refractivity contribution in [1.82, 2.24) is 10.3 Å². The number of fused-ring (bicyclic) bond motifs is 1. The van der Waals surface area contributed by atoms with E-state index in [2.05, 4.69) is 10.3 Å². The van der Waals surface area contributed by atoms with Crippen molar-refractivity contribution in [3.05, 3.63) is 10.6 Å². The number of hydrogen-bond acceptors (Lipinski definition) is 4. The van der Waals surface area contributed by atoms with Crippen molar-refractivity contribution in [2.24, 2.45) is 0 Å². The Morgan fingerprint density at radius 3 is 3.08 bits per heavy atom. The molecule has 13 heavy (non-hydrogen) atoms. The molecule has 0 radical (unpaired) electrons. The summed E-state index contributed by atoms with van der Waals surface area (Å²) in [5, 5.41) is 3.12. The smallest absolute Gasteiger partial charge is 0.292 e. The maximum Gasteiger partial charge on any atom is 0.292 e. The maximum absolute atomic E-state index is 13.3. The van der Waals surface area contributed by atoms with Gasteiger partial charge in [0.05, 0.1) is 0 Å². The van der Waals surface area contributed by atoms with E-state index in [0.29, 0.717) is 18.0 Å². The summed E-state index contributed by atoms with van der Waals surface area (Å²) >= 11 is 1.13. The molecule has 0 fully saturated rings. The van der Waals surface area contributed by atoms with Crippen LogP contribution < -0.4 is 11.1 Å². The molecule has 0 aromatic carbocycles. The van der Waals surface area contributed by atoms with E-state index in [9.17, 15) is 8.78 Å². The Hall–Kier alpha value is -0.750. The minimum Gasteiger partial charge on any atom is -0.375 e. The van der Waals surface area contributed by atoms with Gasteiger partial charge in [0.15, 0.2) is 5.13 Å². The number of halogens is 2. The summed E-state index contributed by atoms with van der Waals surface area (Å²) in [4.78, 5) is 4.23. The molecule has 0 unspecified atom stereocenters. The van der Waals surface area contributed by atoms with Gasteiger partial charge in [0, 0.05) is 24.4 Å². The molecule has 2 rings (SSSR count). The maximum atomic E-state index is 13.3. The number of nitrogens with one attached hydrogen (secondary N) is 1. The van der Waals surface area contributed by atoms with Gasteiger partial charge in [0.1, 0.15) is 5.69 Å². The Kier molecular flexibility index (Phi) is 1.96. The number of nitrogens with zero attached hydrogens (tertiary/aromatic N) is 1. The molecule has 0 aliphatic carbocycles. The molecule has 1 aliphatic rings. The van der Waals surface area contributed by atoms with Crippen molar-refractivity contribution in [1.29, 1.82) is 0 Å². The Bertz CT molecular complexity index is 324. The van der Waals surface area contributed by atoms with Gasteiger partial charge in [-0.05, 0) is 0 Å². The van der Waals surface area contributed by atoms with Crippen molar-refractivity contribution >= 4 is 16.5 Å². The Morgan fingerprint density at radius 1 is 1.54 bits per heavy atom. The van der Waals surface area contributed by atoms with Crippen LogP contribution in [-0.2, 0) is 12.5 Å². The zero-order chi connectivity index (χ0) is 9.47. The van der Waals surface area contributed by atoms with Crippen molar-refractivity contribution in [2.45, 2.75) is 18.9 Å². The van der Waals surface area contributed by atoms with E-state index >= 15 is 0 Å². The first-order valence-electron chi connectivity index (χ1n) is 3.94. The highest BCUT2D eigenvalue weighted by Gasteiger charge is 2.38. The van der Waals surface area contributed by atoms with Gasteiger partial charge in [0.2, 0.25) is 0 Å². The third-order valence-electron chi connectivity index (χ3n) is 1.96. The monoisotopic (exact) mass is 205 g/mol. The number of thiazole rings is 1. The molecule has 0 bridgehead atoms. The lowest BCUT2D eigenvalue weighted by Gasteiger charge is -2.11. The first-order chi connectivity index (χ1) is 6.09. The molecule has 0 spiro atoms. The lowest BCUT2D eigenvalue weighted by molar-refractivity contribution is -0.0144. The highest BCUT2D eigenvalue weighted by atomic mass is 32.1. The predicted octanol–water partition coefficient (Wildman–Crippen LogP) is 1.31. The molecule has 3 nitrogen and oxygen atoms in total. The van der Waals surface area contributed by atoms with Crippen LogP contribution >= 0.6 is 11.3 Å². The van der Waals surface area contributed by atoms with Gasteiger partial charge >= 0.3 is 0 Å². The molecule has 0 saturated carbocycles. The van der Waals surface area contributed by atoms with Crippen molar-refractivity contribution in [3.63, 3.8) is 0 Å². The zero-order valence-electron chi connectivity index (χ0n) is 6.81. The molecular weight excluding hydrogens is 196 g/mol. The average molecular weight is 205 g/mol. The highest BCUT2D eigenvalue weighted by Crippen LogP contribution is 2.37. The SMILES string of the molecule is Nc1nc2c(s1)CNCCC2(F)F. The second kappa shape index (κ2) is 2.88. The van der Waals surface area contributed by atoms with E-state index in [1.807, 2.05) is 0 Å². The molecule has 0 saturated heterocycles. The molecule has 1 aromatic heterocycles. The molecule has 0 atom stereocenters. The van der Waals surface area contributed by atoms with E-state index in [1.54, 1.807) is 0 Å². The van der Waals surface area contributed by atoms with Gasteiger partial charge in [-0.3, -0.25) is 0 Å². The van der Waals surface area contributed by atoms with Crippen LogP contribution in [-0.4, -0.2) is 11.5 Å². The van der Waals surface area contributed by atoms with Crippen molar-refractivity contribution in [2.75, 3.05) is 12.3 Å². The van der Waals surface area contributed by atoms with Crippen LogP contribution in [0.25, 0.3) is 0 Å². The Labute approximate surface area is 78.0 Å². The first-order valence-corrected chi connectivity index (χ1v) is 4.75. The van der Waals surface area contributed by atoms with Crippen LogP contribution in [0.5, 0.6) is 0 Å². The topological polar surface area (TPSA) is 50.9 Å². The predicted molar refractivity (Wildman–Crippen MR) is 46.7 cm³/mol. The Morgan fingerprint density at radius 2 is 2.31 bits per heavy atom. The minimum absolute atomic E-state index is 0.139. The summed E-state index contributed by atoms with van der Waals surface area (Å²) < 4.78 is 26.6. The number of hydrogen-bond donors (Lipinski definition) is 2. The van der Waals surface area contributed by atoms with E-state index < -0.39 is 5.92 Å².